The minimum absolute atomic E-state index is 0.0495. The first-order valence-electron chi connectivity index (χ1n) is 7.45. The fourth-order valence-electron chi connectivity index (χ4n) is 2.94. The Balaban J connectivity index is 1.53. The van der Waals surface area contributed by atoms with Gasteiger partial charge in [-0.3, -0.25) is 0 Å². The van der Waals surface area contributed by atoms with Crippen LogP contribution >= 0.6 is 0 Å². The second kappa shape index (κ2) is 6.12. The molecule has 1 saturated heterocycles. The van der Waals surface area contributed by atoms with Crippen molar-refractivity contribution in [2.24, 2.45) is 0 Å². The fourth-order valence-corrected chi connectivity index (χ4v) is 2.94. The van der Waals surface area contributed by atoms with Crippen molar-refractivity contribution in [3.8, 4) is 5.75 Å². The van der Waals surface area contributed by atoms with E-state index in [0.29, 0.717) is 6.61 Å². The van der Waals surface area contributed by atoms with E-state index in [1.807, 2.05) is 0 Å². The minimum atomic E-state index is -0.387. The summed E-state index contributed by atoms with van der Waals surface area (Å²) in [4.78, 5) is 2.21. The first kappa shape index (κ1) is 13.9. The molecule has 1 N–H and O–H groups in total. The normalized spacial score (nSPS) is 24.2. The smallest absolute Gasteiger partial charge is 0.122 e. The van der Waals surface area contributed by atoms with Crippen molar-refractivity contribution in [3.05, 3.63) is 29.3 Å². The molecule has 2 unspecified atom stereocenters. The first-order chi connectivity index (χ1) is 9.72. The molecule has 4 heteroatoms. The van der Waals surface area contributed by atoms with E-state index in [-0.39, 0.29) is 12.2 Å². The first-order valence-corrected chi connectivity index (χ1v) is 7.45. The SMILES string of the molecule is CN1CCOC(C(O)CCc2ccc3c(c2)CCO3)C1. The summed E-state index contributed by atoms with van der Waals surface area (Å²) in [6.07, 6.45) is 2.20. The standard InChI is InChI=1S/C16H23NO3/c1-17-7-9-20-16(11-17)14(18)4-2-12-3-5-15-13(10-12)6-8-19-15/h3,5,10,14,16,18H,2,4,6-9,11H2,1H3. The molecule has 0 amide bonds. The number of likely N-dealkylation sites (N-methyl/N-ethyl adjacent to an activating group) is 1. The van der Waals surface area contributed by atoms with Gasteiger partial charge < -0.3 is 19.5 Å². The molecule has 0 saturated carbocycles. The fraction of sp³-hybridized carbons (Fsp3) is 0.625. The van der Waals surface area contributed by atoms with Crippen LogP contribution in [0.15, 0.2) is 18.2 Å². The van der Waals surface area contributed by atoms with Gasteiger partial charge in [0.05, 0.1) is 25.4 Å². The number of aliphatic hydroxyl groups excluding tert-OH is 1. The highest BCUT2D eigenvalue weighted by molar-refractivity contribution is 5.39. The summed E-state index contributed by atoms with van der Waals surface area (Å²) < 4.78 is 11.2. The largest absolute Gasteiger partial charge is 0.493 e. The summed E-state index contributed by atoms with van der Waals surface area (Å²) in [6, 6.07) is 6.36. The van der Waals surface area contributed by atoms with E-state index in [2.05, 4.69) is 30.1 Å². The lowest BCUT2D eigenvalue weighted by Crippen LogP contribution is -2.46. The monoisotopic (exact) mass is 277 g/mol. The van der Waals surface area contributed by atoms with Crippen molar-refractivity contribution in [2.75, 3.05) is 33.4 Å². The van der Waals surface area contributed by atoms with Crippen LogP contribution < -0.4 is 4.74 Å². The summed E-state index contributed by atoms with van der Waals surface area (Å²) >= 11 is 0. The summed E-state index contributed by atoms with van der Waals surface area (Å²) in [5.74, 6) is 1.02. The Bertz CT molecular complexity index is 463. The molecule has 0 aromatic heterocycles. The molecule has 20 heavy (non-hydrogen) atoms. The van der Waals surface area contributed by atoms with E-state index in [1.54, 1.807) is 0 Å². The number of nitrogens with zero attached hydrogens (tertiary/aromatic N) is 1. The van der Waals surface area contributed by atoms with Crippen molar-refractivity contribution in [2.45, 2.75) is 31.5 Å². The van der Waals surface area contributed by atoms with Crippen LogP contribution in [0.25, 0.3) is 0 Å². The Labute approximate surface area is 120 Å². The van der Waals surface area contributed by atoms with Crippen LogP contribution in [0.4, 0.5) is 0 Å². The highest BCUT2D eigenvalue weighted by atomic mass is 16.5. The zero-order valence-electron chi connectivity index (χ0n) is 12.0. The number of morpholine rings is 1. The van der Waals surface area contributed by atoms with Crippen molar-refractivity contribution in [1.29, 1.82) is 0 Å². The number of hydrogen-bond acceptors (Lipinski definition) is 4. The summed E-state index contributed by atoms with van der Waals surface area (Å²) in [5, 5.41) is 10.3. The number of fused-ring (bicyclic) bond motifs is 1. The van der Waals surface area contributed by atoms with Gasteiger partial charge in [-0.15, -0.1) is 0 Å². The Morgan fingerprint density at radius 3 is 3.15 bits per heavy atom. The summed E-state index contributed by atoms with van der Waals surface area (Å²) in [7, 11) is 2.07. The molecule has 0 bridgehead atoms. The number of aliphatic hydroxyl groups is 1. The quantitative estimate of drug-likeness (QED) is 0.899. The average molecular weight is 277 g/mol. The number of benzene rings is 1. The third-order valence-electron chi connectivity index (χ3n) is 4.21. The maximum atomic E-state index is 10.3. The van der Waals surface area contributed by atoms with Crippen LogP contribution in [-0.2, 0) is 17.6 Å². The van der Waals surface area contributed by atoms with E-state index < -0.39 is 0 Å². The highest BCUT2D eigenvalue weighted by Crippen LogP contribution is 2.26. The third kappa shape index (κ3) is 3.14. The van der Waals surface area contributed by atoms with Gasteiger partial charge in [-0.25, -0.2) is 0 Å². The molecule has 4 nitrogen and oxygen atoms in total. The Kier molecular flexibility index (Phi) is 4.24. The molecule has 0 aliphatic carbocycles. The molecule has 0 radical (unpaired) electrons. The molecule has 2 atom stereocenters. The Morgan fingerprint density at radius 1 is 1.40 bits per heavy atom. The minimum Gasteiger partial charge on any atom is -0.493 e. The Morgan fingerprint density at radius 2 is 2.30 bits per heavy atom. The molecule has 0 spiro atoms. The molecule has 1 aromatic rings. The summed E-state index contributed by atoms with van der Waals surface area (Å²) in [6.45, 7) is 3.28. The van der Waals surface area contributed by atoms with Gasteiger partial charge in [0.15, 0.2) is 0 Å². The molecule has 1 fully saturated rings. The molecule has 1 aromatic carbocycles. The van der Waals surface area contributed by atoms with E-state index >= 15 is 0 Å². The van der Waals surface area contributed by atoms with Gasteiger partial charge in [-0.1, -0.05) is 12.1 Å². The van der Waals surface area contributed by atoms with Crippen LogP contribution in [0.5, 0.6) is 5.75 Å². The van der Waals surface area contributed by atoms with Crippen molar-refractivity contribution < 1.29 is 14.6 Å². The molecule has 3 rings (SSSR count). The summed E-state index contributed by atoms with van der Waals surface area (Å²) in [5.41, 5.74) is 2.57. The third-order valence-corrected chi connectivity index (χ3v) is 4.21. The number of ether oxygens (including phenoxy) is 2. The van der Waals surface area contributed by atoms with Gasteiger partial charge in [-0.05, 0) is 37.1 Å². The van der Waals surface area contributed by atoms with Gasteiger partial charge in [0, 0.05) is 19.5 Å². The number of rotatable bonds is 4. The lowest BCUT2D eigenvalue weighted by atomic mass is 10.0. The van der Waals surface area contributed by atoms with E-state index in [0.717, 1.165) is 44.7 Å². The van der Waals surface area contributed by atoms with Crippen molar-refractivity contribution in [1.82, 2.24) is 4.90 Å². The maximum Gasteiger partial charge on any atom is 0.122 e. The Hall–Kier alpha value is -1.10. The zero-order valence-corrected chi connectivity index (χ0v) is 12.0. The lowest BCUT2D eigenvalue weighted by Gasteiger charge is -2.33. The van der Waals surface area contributed by atoms with Crippen LogP contribution in [0.1, 0.15) is 17.5 Å². The average Bonchev–Trinajstić information content (AvgIpc) is 2.92. The number of aryl methyl sites for hydroxylation is 1. The zero-order chi connectivity index (χ0) is 13.9. The van der Waals surface area contributed by atoms with Gasteiger partial charge >= 0.3 is 0 Å². The van der Waals surface area contributed by atoms with E-state index in [4.69, 9.17) is 9.47 Å². The highest BCUT2D eigenvalue weighted by Gasteiger charge is 2.25. The van der Waals surface area contributed by atoms with Gasteiger partial charge in [0.1, 0.15) is 5.75 Å². The maximum absolute atomic E-state index is 10.3. The molecule has 110 valence electrons. The van der Waals surface area contributed by atoms with Crippen LogP contribution in [-0.4, -0.2) is 55.6 Å². The van der Waals surface area contributed by atoms with Crippen molar-refractivity contribution >= 4 is 0 Å². The number of hydrogen-bond donors (Lipinski definition) is 1. The lowest BCUT2D eigenvalue weighted by molar-refractivity contribution is -0.0847. The van der Waals surface area contributed by atoms with E-state index in [1.165, 1.54) is 11.1 Å². The molecular formula is C16H23NO3. The van der Waals surface area contributed by atoms with E-state index in [9.17, 15) is 5.11 Å². The molecule has 2 heterocycles. The second-order valence-electron chi connectivity index (χ2n) is 5.82. The molecular weight excluding hydrogens is 254 g/mol. The van der Waals surface area contributed by atoms with Crippen molar-refractivity contribution in [3.63, 3.8) is 0 Å². The molecule has 2 aliphatic heterocycles. The molecule has 2 aliphatic rings. The van der Waals surface area contributed by atoms with Gasteiger partial charge in [0.25, 0.3) is 0 Å². The predicted octanol–water partition coefficient (Wildman–Crippen LogP) is 1.25. The van der Waals surface area contributed by atoms with Gasteiger partial charge in [0.2, 0.25) is 0 Å². The van der Waals surface area contributed by atoms with Crippen LogP contribution in [0.3, 0.4) is 0 Å². The van der Waals surface area contributed by atoms with Gasteiger partial charge in [-0.2, -0.15) is 0 Å². The second-order valence-corrected chi connectivity index (χ2v) is 5.82. The topological polar surface area (TPSA) is 41.9 Å². The predicted molar refractivity (Wildman–Crippen MR) is 77.2 cm³/mol. The van der Waals surface area contributed by atoms with Crippen LogP contribution in [0, 0.1) is 0 Å². The van der Waals surface area contributed by atoms with Crippen LogP contribution in [0.2, 0.25) is 0 Å².